The van der Waals surface area contributed by atoms with Crippen LogP contribution in [-0.4, -0.2) is 26.2 Å². The summed E-state index contributed by atoms with van der Waals surface area (Å²) in [6.45, 7) is 5.78. The molecule has 28 heavy (non-hydrogen) atoms. The van der Waals surface area contributed by atoms with Gasteiger partial charge in [0.05, 0.1) is 17.0 Å². The molecule has 1 amide bonds. The lowest BCUT2D eigenvalue weighted by Gasteiger charge is -2.17. The van der Waals surface area contributed by atoms with Gasteiger partial charge in [-0.15, -0.1) is 0 Å². The number of aromatic nitrogens is 3. The van der Waals surface area contributed by atoms with Gasteiger partial charge >= 0.3 is 0 Å². The normalized spacial score (nSPS) is 12.3. The van der Waals surface area contributed by atoms with E-state index < -0.39 is 5.82 Å². The second kappa shape index (κ2) is 8.48. The van der Waals surface area contributed by atoms with Crippen molar-refractivity contribution in [3.63, 3.8) is 0 Å². The second-order valence-corrected chi connectivity index (χ2v) is 8.36. The molecule has 0 aliphatic rings. The summed E-state index contributed by atoms with van der Waals surface area (Å²) in [6.07, 6.45) is 0.747. The van der Waals surface area contributed by atoms with Gasteiger partial charge in [0.25, 0.3) is 5.56 Å². The molecule has 0 bridgehead atoms. The Kier molecular flexibility index (Phi) is 6.24. The van der Waals surface area contributed by atoms with E-state index in [-0.39, 0.29) is 28.9 Å². The van der Waals surface area contributed by atoms with Gasteiger partial charge in [-0.25, -0.2) is 9.37 Å². The molecule has 1 atom stereocenters. The summed E-state index contributed by atoms with van der Waals surface area (Å²) in [7, 11) is 0. The minimum atomic E-state index is -0.522. The van der Waals surface area contributed by atoms with Crippen molar-refractivity contribution in [2.45, 2.75) is 38.4 Å². The number of halogens is 2. The Morgan fingerprint density at radius 3 is 2.86 bits per heavy atom. The van der Waals surface area contributed by atoms with Crippen LogP contribution in [0.3, 0.4) is 0 Å². The monoisotopic (exact) mass is 466 g/mol. The van der Waals surface area contributed by atoms with E-state index >= 15 is 0 Å². The van der Waals surface area contributed by atoms with E-state index in [1.165, 1.54) is 12.1 Å². The summed E-state index contributed by atoms with van der Waals surface area (Å²) in [5.41, 5.74) is 1.83. The third-order valence-corrected chi connectivity index (χ3v) is 5.80. The number of carbonyl (C=O) groups excluding carboxylic acids is 1. The van der Waals surface area contributed by atoms with Crippen LogP contribution in [-0.2, 0) is 4.79 Å². The molecule has 0 saturated carbocycles. The number of nitrogens with zero attached hydrogens (tertiary/aromatic N) is 2. The largest absolute Gasteiger partial charge is 0.353 e. The van der Waals surface area contributed by atoms with Crippen LogP contribution in [0.25, 0.3) is 11.0 Å². The summed E-state index contributed by atoms with van der Waals surface area (Å²) < 4.78 is 16.1. The number of benzene rings is 1. The molecule has 0 aliphatic carbocycles. The number of fused-ring (bicyclic) bond motifs is 1. The number of aromatic amines is 1. The molecule has 0 spiro atoms. The SMILES string of the molecule is CC[C@H](C)n1c(SCC(=O)Nc2ccc(Br)cc2F)nc2cc(C)[nH]c2c1=O. The zero-order chi connectivity index (χ0) is 20.4. The molecule has 2 heterocycles. The van der Waals surface area contributed by atoms with Gasteiger partial charge < -0.3 is 10.3 Å². The number of hydrogen-bond acceptors (Lipinski definition) is 4. The molecular weight excluding hydrogens is 447 g/mol. The number of hydrogen-bond donors (Lipinski definition) is 2. The highest BCUT2D eigenvalue weighted by Gasteiger charge is 2.18. The van der Waals surface area contributed by atoms with Crippen molar-refractivity contribution >= 4 is 50.3 Å². The van der Waals surface area contributed by atoms with Gasteiger partial charge in [0.2, 0.25) is 5.91 Å². The van der Waals surface area contributed by atoms with Gasteiger partial charge in [-0.3, -0.25) is 14.2 Å². The van der Waals surface area contributed by atoms with Crippen LogP contribution in [0.15, 0.2) is 38.7 Å². The van der Waals surface area contributed by atoms with Crippen molar-refractivity contribution in [1.82, 2.24) is 14.5 Å². The third-order valence-electron chi connectivity index (χ3n) is 4.36. The molecule has 0 unspecified atom stereocenters. The van der Waals surface area contributed by atoms with Crippen LogP contribution in [0, 0.1) is 12.7 Å². The Morgan fingerprint density at radius 2 is 2.18 bits per heavy atom. The van der Waals surface area contributed by atoms with Crippen LogP contribution in [0.4, 0.5) is 10.1 Å². The van der Waals surface area contributed by atoms with Gasteiger partial charge in [0.15, 0.2) is 5.16 Å². The van der Waals surface area contributed by atoms with E-state index in [1.54, 1.807) is 16.7 Å². The first-order valence-electron chi connectivity index (χ1n) is 8.79. The van der Waals surface area contributed by atoms with Crippen LogP contribution in [0.1, 0.15) is 32.0 Å². The first-order chi connectivity index (χ1) is 13.3. The average Bonchev–Trinajstić information content (AvgIpc) is 3.02. The number of amides is 1. The Labute approximate surface area is 174 Å². The Bertz CT molecular complexity index is 1100. The number of aryl methyl sites for hydroxylation is 1. The summed E-state index contributed by atoms with van der Waals surface area (Å²) in [5.74, 6) is -0.888. The minimum absolute atomic E-state index is 0.00723. The number of H-pyrrole nitrogens is 1. The molecule has 6 nitrogen and oxygen atoms in total. The maximum atomic E-state index is 13.9. The zero-order valence-electron chi connectivity index (χ0n) is 15.7. The van der Waals surface area contributed by atoms with E-state index in [9.17, 15) is 14.0 Å². The number of carbonyl (C=O) groups is 1. The van der Waals surface area contributed by atoms with Crippen molar-refractivity contribution in [3.05, 3.63) is 50.6 Å². The average molecular weight is 467 g/mol. The highest BCUT2D eigenvalue weighted by atomic mass is 79.9. The lowest BCUT2D eigenvalue weighted by Crippen LogP contribution is -2.26. The molecule has 0 saturated heterocycles. The molecule has 3 aromatic rings. The zero-order valence-corrected chi connectivity index (χ0v) is 18.1. The molecule has 2 aromatic heterocycles. The molecule has 9 heteroatoms. The lowest BCUT2D eigenvalue weighted by atomic mass is 10.2. The van der Waals surface area contributed by atoms with Crippen molar-refractivity contribution in [2.24, 2.45) is 0 Å². The van der Waals surface area contributed by atoms with Gasteiger partial charge in [-0.2, -0.15) is 0 Å². The quantitative estimate of drug-likeness (QED) is 0.409. The Balaban J connectivity index is 1.84. The molecule has 0 radical (unpaired) electrons. The van der Waals surface area contributed by atoms with Crippen LogP contribution in [0.5, 0.6) is 0 Å². The van der Waals surface area contributed by atoms with Crippen molar-refractivity contribution in [3.8, 4) is 0 Å². The number of rotatable bonds is 6. The van der Waals surface area contributed by atoms with E-state index in [0.29, 0.717) is 20.7 Å². The topological polar surface area (TPSA) is 79.8 Å². The fraction of sp³-hybridized carbons (Fsp3) is 0.316. The first kappa shape index (κ1) is 20.6. The predicted molar refractivity (Wildman–Crippen MR) is 114 cm³/mol. The van der Waals surface area contributed by atoms with E-state index in [2.05, 4.69) is 31.2 Å². The third kappa shape index (κ3) is 4.30. The van der Waals surface area contributed by atoms with Crippen molar-refractivity contribution < 1.29 is 9.18 Å². The number of nitrogens with one attached hydrogen (secondary N) is 2. The standard InChI is InChI=1S/C19H20BrFN4O2S/c1-4-11(3)25-18(27)17-15(7-10(2)22-17)24-19(25)28-9-16(26)23-14-6-5-12(20)8-13(14)21/h5-8,11,22H,4,9H2,1-3H3,(H,23,26)/t11-/m0/s1. The molecule has 1 aromatic carbocycles. The van der Waals surface area contributed by atoms with Crippen molar-refractivity contribution in [1.29, 1.82) is 0 Å². The van der Waals surface area contributed by atoms with E-state index in [4.69, 9.17) is 0 Å². The molecule has 3 rings (SSSR count). The lowest BCUT2D eigenvalue weighted by molar-refractivity contribution is -0.113. The highest BCUT2D eigenvalue weighted by molar-refractivity contribution is 9.10. The van der Waals surface area contributed by atoms with Gasteiger partial charge in [0, 0.05) is 16.2 Å². The smallest absolute Gasteiger partial charge is 0.278 e. The predicted octanol–water partition coefficient (Wildman–Crippen LogP) is 4.64. The minimum Gasteiger partial charge on any atom is -0.353 e. The van der Waals surface area contributed by atoms with Crippen molar-refractivity contribution in [2.75, 3.05) is 11.1 Å². The Morgan fingerprint density at radius 1 is 1.43 bits per heavy atom. The van der Waals surface area contributed by atoms with Gasteiger partial charge in [-0.05, 0) is 44.5 Å². The molecule has 0 fully saturated rings. The summed E-state index contributed by atoms with van der Waals surface area (Å²) in [4.78, 5) is 32.8. The maximum absolute atomic E-state index is 13.9. The van der Waals surface area contributed by atoms with Gasteiger partial charge in [-0.1, -0.05) is 34.6 Å². The Hall–Kier alpha value is -2.13. The second-order valence-electron chi connectivity index (χ2n) is 6.50. The molecule has 0 aliphatic heterocycles. The highest BCUT2D eigenvalue weighted by Crippen LogP contribution is 2.24. The molecule has 148 valence electrons. The van der Waals surface area contributed by atoms with Gasteiger partial charge in [0.1, 0.15) is 11.3 Å². The number of anilines is 1. The first-order valence-corrected chi connectivity index (χ1v) is 10.6. The summed E-state index contributed by atoms with van der Waals surface area (Å²) in [6, 6.07) is 6.16. The number of thioether (sulfide) groups is 1. The fourth-order valence-electron chi connectivity index (χ4n) is 2.77. The molecular formula is C19H20BrFN4O2S. The molecule has 2 N–H and O–H groups in total. The summed E-state index contributed by atoms with van der Waals surface area (Å²) in [5, 5.41) is 3.02. The van der Waals surface area contributed by atoms with Crippen LogP contribution in [0.2, 0.25) is 0 Å². The maximum Gasteiger partial charge on any atom is 0.278 e. The van der Waals surface area contributed by atoms with Crippen LogP contribution < -0.4 is 10.9 Å². The van der Waals surface area contributed by atoms with E-state index in [1.807, 2.05) is 20.8 Å². The van der Waals surface area contributed by atoms with Crippen LogP contribution >= 0.6 is 27.7 Å². The fourth-order valence-corrected chi connectivity index (χ4v) is 4.00. The van der Waals surface area contributed by atoms with E-state index in [0.717, 1.165) is 23.9 Å². The summed E-state index contributed by atoms with van der Waals surface area (Å²) >= 11 is 4.34.